The third-order valence-corrected chi connectivity index (χ3v) is 2.49. The van der Waals surface area contributed by atoms with Gasteiger partial charge in [-0.1, -0.05) is 20.3 Å². The predicted octanol–water partition coefficient (Wildman–Crippen LogP) is 1.22. The fourth-order valence-electron chi connectivity index (χ4n) is 1.22. The number of carbonyl (C=O) groups is 1. The Labute approximate surface area is 95.2 Å². The van der Waals surface area contributed by atoms with Crippen molar-refractivity contribution in [1.82, 2.24) is 4.98 Å². The lowest BCUT2D eigenvalue weighted by Gasteiger charge is -2.12. The second kappa shape index (κ2) is 5.34. The van der Waals surface area contributed by atoms with Gasteiger partial charge in [-0.25, -0.2) is 4.98 Å². The van der Waals surface area contributed by atoms with Crippen LogP contribution in [0.4, 0.5) is 11.5 Å². The van der Waals surface area contributed by atoms with Gasteiger partial charge < -0.3 is 16.8 Å². The summed E-state index contributed by atoms with van der Waals surface area (Å²) in [6, 6.07) is 1.54. The van der Waals surface area contributed by atoms with Crippen molar-refractivity contribution in [2.45, 2.75) is 20.3 Å². The summed E-state index contributed by atoms with van der Waals surface area (Å²) >= 11 is 0. The summed E-state index contributed by atoms with van der Waals surface area (Å²) in [5.74, 6) is 0.494. The van der Waals surface area contributed by atoms with Crippen molar-refractivity contribution in [2.75, 3.05) is 17.6 Å². The molecule has 0 saturated heterocycles. The maximum absolute atomic E-state index is 11.2. The van der Waals surface area contributed by atoms with Gasteiger partial charge in [-0.2, -0.15) is 0 Å². The maximum atomic E-state index is 11.2. The van der Waals surface area contributed by atoms with E-state index < -0.39 is 5.91 Å². The van der Waals surface area contributed by atoms with Gasteiger partial charge in [0.05, 0.1) is 17.4 Å². The zero-order valence-corrected chi connectivity index (χ0v) is 9.66. The average Bonchev–Trinajstić information content (AvgIpc) is 2.26. The van der Waals surface area contributed by atoms with Gasteiger partial charge >= 0.3 is 0 Å². The van der Waals surface area contributed by atoms with Gasteiger partial charge in [-0.3, -0.25) is 4.79 Å². The van der Waals surface area contributed by atoms with Crippen molar-refractivity contribution in [3.63, 3.8) is 0 Å². The molecule has 16 heavy (non-hydrogen) atoms. The lowest BCUT2D eigenvalue weighted by atomic mass is 10.1. The van der Waals surface area contributed by atoms with Crippen LogP contribution in [0.1, 0.15) is 30.6 Å². The molecule has 1 aromatic rings. The van der Waals surface area contributed by atoms with E-state index in [0.717, 1.165) is 13.0 Å². The minimum atomic E-state index is -0.522. The first-order chi connectivity index (χ1) is 7.54. The molecule has 88 valence electrons. The van der Waals surface area contributed by atoms with Crippen molar-refractivity contribution in [2.24, 2.45) is 11.7 Å². The molecule has 0 spiro atoms. The van der Waals surface area contributed by atoms with E-state index in [1.54, 1.807) is 0 Å². The van der Waals surface area contributed by atoms with Crippen LogP contribution in [0.15, 0.2) is 12.3 Å². The molecule has 1 rings (SSSR count). The van der Waals surface area contributed by atoms with Crippen molar-refractivity contribution in [1.29, 1.82) is 0 Å². The Bertz CT molecular complexity index is 378. The Hall–Kier alpha value is -1.78. The first-order valence-electron chi connectivity index (χ1n) is 5.33. The highest BCUT2D eigenvalue weighted by atomic mass is 16.1. The molecule has 5 heteroatoms. The Morgan fingerprint density at radius 3 is 2.88 bits per heavy atom. The number of nitrogens with two attached hydrogens (primary N) is 2. The summed E-state index contributed by atoms with van der Waals surface area (Å²) in [7, 11) is 0. The maximum Gasteiger partial charge on any atom is 0.252 e. The van der Waals surface area contributed by atoms with Crippen LogP contribution in [0.3, 0.4) is 0 Å². The van der Waals surface area contributed by atoms with Gasteiger partial charge in [-0.15, -0.1) is 0 Å². The average molecular weight is 222 g/mol. The van der Waals surface area contributed by atoms with Gasteiger partial charge in [-0.05, 0) is 12.0 Å². The fourth-order valence-corrected chi connectivity index (χ4v) is 1.22. The van der Waals surface area contributed by atoms with Crippen LogP contribution in [-0.4, -0.2) is 17.4 Å². The number of amides is 1. The number of pyridine rings is 1. The molecule has 1 aromatic heterocycles. The Balaban J connectivity index is 2.82. The smallest absolute Gasteiger partial charge is 0.252 e. The lowest BCUT2D eigenvalue weighted by molar-refractivity contribution is 0.100. The summed E-state index contributed by atoms with van der Waals surface area (Å²) < 4.78 is 0. The molecule has 0 aliphatic rings. The van der Waals surface area contributed by atoms with Gasteiger partial charge in [0.2, 0.25) is 0 Å². The van der Waals surface area contributed by atoms with E-state index in [2.05, 4.69) is 24.1 Å². The van der Waals surface area contributed by atoms with E-state index in [1.807, 2.05) is 0 Å². The largest absolute Gasteiger partial charge is 0.397 e. The number of nitrogens with zero attached hydrogens (tertiary/aromatic N) is 1. The van der Waals surface area contributed by atoms with Crippen molar-refractivity contribution in [3.8, 4) is 0 Å². The second-order valence-corrected chi connectivity index (χ2v) is 3.92. The van der Waals surface area contributed by atoms with E-state index >= 15 is 0 Å². The zero-order chi connectivity index (χ0) is 12.1. The molecule has 1 unspecified atom stereocenters. The van der Waals surface area contributed by atoms with Gasteiger partial charge in [0.25, 0.3) is 5.91 Å². The summed E-state index contributed by atoms with van der Waals surface area (Å²) in [6.07, 6.45) is 2.57. The molecule has 1 heterocycles. The molecular formula is C11H18N4O. The number of nitrogen functional groups attached to an aromatic ring is 1. The van der Waals surface area contributed by atoms with E-state index in [-0.39, 0.29) is 0 Å². The van der Waals surface area contributed by atoms with Gasteiger partial charge in [0.15, 0.2) is 0 Å². The molecule has 1 atom stereocenters. The van der Waals surface area contributed by atoms with Crippen LogP contribution >= 0.6 is 0 Å². The Kier molecular flexibility index (Phi) is 4.10. The van der Waals surface area contributed by atoms with Crippen LogP contribution in [0, 0.1) is 5.92 Å². The Morgan fingerprint density at radius 2 is 2.31 bits per heavy atom. The first-order valence-corrected chi connectivity index (χ1v) is 5.33. The first kappa shape index (κ1) is 12.3. The molecule has 5 nitrogen and oxygen atoms in total. The number of rotatable bonds is 5. The summed E-state index contributed by atoms with van der Waals surface area (Å²) in [5, 5.41) is 3.11. The van der Waals surface area contributed by atoms with Crippen molar-refractivity contribution in [3.05, 3.63) is 17.8 Å². The molecule has 0 saturated carbocycles. The Morgan fingerprint density at radius 1 is 1.62 bits per heavy atom. The fraction of sp³-hybridized carbons (Fsp3) is 0.455. The van der Waals surface area contributed by atoms with Crippen molar-refractivity contribution >= 4 is 17.4 Å². The van der Waals surface area contributed by atoms with Crippen LogP contribution in [0.2, 0.25) is 0 Å². The third kappa shape index (κ3) is 3.12. The molecule has 5 N–H and O–H groups in total. The summed E-state index contributed by atoms with van der Waals surface area (Å²) in [6.45, 7) is 4.99. The highest BCUT2D eigenvalue weighted by molar-refractivity contribution is 5.98. The molecule has 0 radical (unpaired) electrons. The third-order valence-electron chi connectivity index (χ3n) is 2.49. The van der Waals surface area contributed by atoms with Gasteiger partial charge in [0, 0.05) is 6.54 Å². The normalized spacial score (nSPS) is 12.1. The number of primary amides is 1. The molecule has 0 fully saturated rings. The van der Waals surface area contributed by atoms with Crippen LogP contribution < -0.4 is 16.8 Å². The minimum absolute atomic E-state index is 0.336. The molecule has 0 aromatic carbocycles. The molecule has 0 aliphatic carbocycles. The minimum Gasteiger partial charge on any atom is -0.397 e. The summed E-state index contributed by atoms with van der Waals surface area (Å²) in [5.41, 5.74) is 11.6. The highest BCUT2D eigenvalue weighted by Gasteiger charge is 2.10. The predicted molar refractivity (Wildman–Crippen MR) is 65.1 cm³/mol. The van der Waals surface area contributed by atoms with E-state index in [0.29, 0.717) is 23.0 Å². The van der Waals surface area contributed by atoms with Crippen LogP contribution in [0.5, 0.6) is 0 Å². The number of anilines is 2. The second-order valence-electron chi connectivity index (χ2n) is 3.92. The molecule has 0 aliphatic heterocycles. The standard InChI is InChI=1S/C11H18N4O/c1-3-7(2)5-14-11-9(10(13)16)4-8(12)6-15-11/h4,6-7H,3,5,12H2,1-2H3,(H2,13,16)(H,14,15). The SMILES string of the molecule is CCC(C)CNc1ncc(N)cc1C(N)=O. The van der Waals surface area contributed by atoms with E-state index in [4.69, 9.17) is 11.5 Å². The lowest BCUT2D eigenvalue weighted by Crippen LogP contribution is -2.18. The van der Waals surface area contributed by atoms with E-state index in [1.165, 1.54) is 12.3 Å². The van der Waals surface area contributed by atoms with Gasteiger partial charge in [0.1, 0.15) is 5.82 Å². The van der Waals surface area contributed by atoms with Crippen LogP contribution in [0.25, 0.3) is 0 Å². The summed E-state index contributed by atoms with van der Waals surface area (Å²) in [4.78, 5) is 15.2. The number of hydrogen-bond acceptors (Lipinski definition) is 4. The number of carbonyl (C=O) groups excluding carboxylic acids is 1. The molecule has 0 bridgehead atoms. The topological polar surface area (TPSA) is 94.0 Å². The quantitative estimate of drug-likeness (QED) is 0.698. The molecule has 1 amide bonds. The zero-order valence-electron chi connectivity index (χ0n) is 9.66. The number of hydrogen-bond donors (Lipinski definition) is 3. The number of aromatic nitrogens is 1. The molecular weight excluding hydrogens is 204 g/mol. The van der Waals surface area contributed by atoms with E-state index in [9.17, 15) is 4.79 Å². The van der Waals surface area contributed by atoms with Crippen molar-refractivity contribution < 1.29 is 4.79 Å². The highest BCUT2D eigenvalue weighted by Crippen LogP contribution is 2.15. The van der Waals surface area contributed by atoms with Crippen LogP contribution in [-0.2, 0) is 0 Å². The number of nitrogens with one attached hydrogen (secondary N) is 1. The monoisotopic (exact) mass is 222 g/mol.